The molecule has 0 saturated carbocycles. The third-order valence-electron chi connectivity index (χ3n) is 7.53. The van der Waals surface area contributed by atoms with Crippen LogP contribution in [-0.4, -0.2) is 33.1 Å². The van der Waals surface area contributed by atoms with E-state index in [2.05, 4.69) is 96.3 Å². The largest absolute Gasteiger partial charge is 0.493 e. The maximum atomic E-state index is 12.8. The minimum absolute atomic E-state index is 0.0129. The predicted molar refractivity (Wildman–Crippen MR) is 166 cm³/mol. The van der Waals surface area contributed by atoms with Gasteiger partial charge in [0.05, 0.1) is 20.4 Å². The molecule has 41 heavy (non-hydrogen) atoms. The van der Waals surface area contributed by atoms with Crippen molar-refractivity contribution < 1.29 is 23.7 Å². The molecule has 0 aromatic heterocycles. The summed E-state index contributed by atoms with van der Waals surface area (Å²) in [7, 11) is 1.32. The van der Waals surface area contributed by atoms with Crippen LogP contribution in [0.5, 0.6) is 23.0 Å². The van der Waals surface area contributed by atoms with Gasteiger partial charge < -0.3 is 24.3 Å². The highest BCUT2D eigenvalue weighted by molar-refractivity contribution is 7.95. The molecule has 6 nitrogen and oxygen atoms in total. The molecule has 0 unspecified atom stereocenters. The van der Waals surface area contributed by atoms with Gasteiger partial charge in [-0.25, -0.2) is 0 Å². The van der Waals surface area contributed by atoms with Gasteiger partial charge in [-0.15, -0.1) is 0 Å². The van der Waals surface area contributed by atoms with Crippen molar-refractivity contribution >= 4 is 29.1 Å². The van der Waals surface area contributed by atoms with Gasteiger partial charge in [-0.1, -0.05) is 54.6 Å². The van der Waals surface area contributed by atoms with Crippen LogP contribution in [0.4, 0.5) is 0 Å². The van der Waals surface area contributed by atoms with Crippen molar-refractivity contribution in [3.63, 3.8) is 0 Å². The number of hydrogen-bond acceptors (Lipinski definition) is 5. The number of carbonyl (C=O) groups is 1. The minimum Gasteiger partial charge on any atom is -0.493 e. The van der Waals surface area contributed by atoms with Gasteiger partial charge in [0.25, 0.3) is 0 Å². The number of hydrogen-bond donors (Lipinski definition) is 1. The van der Waals surface area contributed by atoms with E-state index in [-0.39, 0.29) is 12.7 Å². The van der Waals surface area contributed by atoms with Gasteiger partial charge in [-0.2, -0.15) is 0 Å². The number of benzene rings is 4. The molecular formula is C34H37NO5P+. The quantitative estimate of drug-likeness (QED) is 0.167. The van der Waals surface area contributed by atoms with Crippen LogP contribution in [0.3, 0.4) is 0 Å². The molecule has 1 N–H and O–H groups in total. The van der Waals surface area contributed by atoms with Crippen molar-refractivity contribution in [3.8, 4) is 23.0 Å². The highest BCUT2D eigenvalue weighted by Crippen LogP contribution is 2.56. The van der Waals surface area contributed by atoms with Crippen molar-refractivity contribution in [3.05, 3.63) is 103 Å². The Kier molecular flexibility index (Phi) is 9.43. The lowest BCUT2D eigenvalue weighted by Crippen LogP contribution is -2.33. The van der Waals surface area contributed by atoms with E-state index in [9.17, 15) is 4.79 Å². The Hall–Kier alpha value is -4.02. The molecule has 1 aliphatic rings. The number of carbonyl (C=O) groups excluding carboxylic acids is 1. The molecule has 212 valence electrons. The Morgan fingerprint density at radius 1 is 0.756 bits per heavy atom. The van der Waals surface area contributed by atoms with Gasteiger partial charge in [0.15, 0.2) is 11.5 Å². The Balaban J connectivity index is 1.23. The summed E-state index contributed by atoms with van der Waals surface area (Å²) < 4.78 is 22.1. The Labute approximate surface area is 242 Å². The van der Waals surface area contributed by atoms with Crippen molar-refractivity contribution in [1.29, 1.82) is 0 Å². The van der Waals surface area contributed by atoms with Gasteiger partial charge in [-0.05, 0) is 61.7 Å². The Morgan fingerprint density at radius 2 is 1.32 bits per heavy atom. The molecule has 4 aromatic rings. The van der Waals surface area contributed by atoms with E-state index in [1.165, 1.54) is 15.9 Å². The molecule has 7 heteroatoms. The summed E-state index contributed by atoms with van der Waals surface area (Å²) in [4.78, 5) is 12.8. The number of methoxy groups -OCH3 is 2. The van der Waals surface area contributed by atoms with Crippen LogP contribution in [0.25, 0.3) is 0 Å². The first-order valence-corrected chi connectivity index (χ1v) is 16.0. The summed E-state index contributed by atoms with van der Waals surface area (Å²) in [6, 6.07) is 34.6. The lowest BCUT2D eigenvalue weighted by molar-refractivity contribution is -0.121. The molecule has 0 aliphatic carbocycles. The van der Waals surface area contributed by atoms with E-state index in [1.54, 1.807) is 14.2 Å². The molecular weight excluding hydrogens is 533 g/mol. The second-order valence-electron chi connectivity index (χ2n) is 9.96. The summed E-state index contributed by atoms with van der Waals surface area (Å²) in [5.74, 6) is 2.17. The van der Waals surface area contributed by atoms with E-state index in [0.29, 0.717) is 36.0 Å². The lowest BCUT2D eigenvalue weighted by atomic mass is 10.1. The molecule has 0 bridgehead atoms. The minimum atomic E-state index is -1.84. The number of unbranched alkanes of at least 4 members (excludes halogenated alkanes) is 2. The highest BCUT2D eigenvalue weighted by Gasteiger charge is 2.44. The van der Waals surface area contributed by atoms with Crippen LogP contribution in [0.15, 0.2) is 97.1 Å². The smallest absolute Gasteiger partial charge is 0.231 e. The average Bonchev–Trinajstić information content (AvgIpc) is 3.53. The fourth-order valence-corrected chi connectivity index (χ4v) is 9.96. The monoisotopic (exact) mass is 570 g/mol. The van der Waals surface area contributed by atoms with Gasteiger partial charge in [0, 0.05) is 18.5 Å². The molecule has 0 fully saturated rings. The first-order chi connectivity index (χ1) is 20.2. The van der Waals surface area contributed by atoms with Crippen molar-refractivity contribution in [2.75, 3.05) is 27.2 Å². The molecule has 1 aliphatic heterocycles. The topological polar surface area (TPSA) is 66.0 Å². The zero-order chi connectivity index (χ0) is 28.5. The number of nitrogens with one attached hydrogen (secondary N) is 1. The fraction of sp³-hybridized carbons (Fsp3) is 0.265. The average molecular weight is 571 g/mol. The third kappa shape index (κ3) is 6.18. The molecule has 4 aromatic carbocycles. The van der Waals surface area contributed by atoms with Crippen LogP contribution in [0.1, 0.15) is 31.2 Å². The molecule has 1 heterocycles. The van der Waals surface area contributed by atoms with Gasteiger partial charge in [0.1, 0.15) is 23.2 Å². The molecule has 1 amide bonds. The highest BCUT2D eigenvalue weighted by atomic mass is 31.2. The first-order valence-electron chi connectivity index (χ1n) is 14.0. The first kappa shape index (κ1) is 28.5. The summed E-state index contributed by atoms with van der Waals surface area (Å²) in [5, 5.41) is 7.21. The van der Waals surface area contributed by atoms with Crippen LogP contribution in [0, 0.1) is 0 Å². The third-order valence-corrected chi connectivity index (χ3v) is 12.1. The van der Waals surface area contributed by atoms with Crippen LogP contribution < -0.4 is 40.2 Å². The SMILES string of the molecule is COc1cc(CNC(=O)CCCCC[P+](c2ccccc2)(c2ccccc2)c2ccccc2)c(OC)c2c1OCO2. The zero-order valence-corrected chi connectivity index (χ0v) is 24.6. The number of ether oxygens (including phenoxy) is 4. The maximum Gasteiger partial charge on any atom is 0.231 e. The van der Waals surface area contributed by atoms with Crippen molar-refractivity contribution in [2.45, 2.75) is 32.2 Å². The summed E-state index contributed by atoms with van der Waals surface area (Å²) in [6.45, 7) is 0.430. The van der Waals surface area contributed by atoms with E-state index < -0.39 is 7.26 Å². The Morgan fingerprint density at radius 3 is 1.85 bits per heavy atom. The Bertz CT molecular complexity index is 1330. The molecule has 0 radical (unpaired) electrons. The second kappa shape index (κ2) is 13.6. The van der Waals surface area contributed by atoms with Gasteiger partial charge in [-0.3, -0.25) is 4.79 Å². The summed E-state index contributed by atoms with van der Waals surface area (Å²) in [6.07, 6.45) is 4.36. The van der Waals surface area contributed by atoms with E-state index >= 15 is 0 Å². The van der Waals surface area contributed by atoms with Crippen LogP contribution >= 0.6 is 7.26 Å². The molecule has 0 atom stereocenters. The summed E-state index contributed by atoms with van der Waals surface area (Å²) >= 11 is 0. The second-order valence-corrected chi connectivity index (χ2v) is 13.6. The lowest BCUT2D eigenvalue weighted by Gasteiger charge is -2.27. The van der Waals surface area contributed by atoms with Crippen molar-refractivity contribution in [2.24, 2.45) is 0 Å². The normalized spacial score (nSPS) is 12.1. The number of amides is 1. The molecule has 5 rings (SSSR count). The van der Waals surface area contributed by atoms with Crippen molar-refractivity contribution in [1.82, 2.24) is 5.32 Å². The van der Waals surface area contributed by atoms with Crippen LogP contribution in [-0.2, 0) is 11.3 Å². The summed E-state index contributed by atoms with van der Waals surface area (Å²) in [5.41, 5.74) is 0.783. The molecule has 0 saturated heterocycles. The molecule has 0 spiro atoms. The van der Waals surface area contributed by atoms with E-state index in [1.807, 2.05) is 6.07 Å². The predicted octanol–water partition coefficient (Wildman–Crippen LogP) is 5.60. The van der Waals surface area contributed by atoms with Gasteiger partial charge in [0.2, 0.25) is 24.2 Å². The number of rotatable bonds is 13. The zero-order valence-electron chi connectivity index (χ0n) is 23.7. The number of fused-ring (bicyclic) bond motifs is 1. The standard InChI is InChI=1S/C34H36NO5P/c1-37-30-23-26(32(38-2)34-33(30)39-25-40-34)24-35-31(36)21-13-6-14-22-41(27-15-7-3-8-16-27,28-17-9-4-10-18-28)29-19-11-5-12-20-29/h3-5,7-12,15-20,23H,6,13-14,21-22,24-25H2,1-2H3/p+1. The van der Waals surface area contributed by atoms with E-state index in [0.717, 1.165) is 31.0 Å². The maximum absolute atomic E-state index is 12.8. The van der Waals surface area contributed by atoms with Gasteiger partial charge >= 0.3 is 0 Å². The van der Waals surface area contributed by atoms with E-state index in [4.69, 9.17) is 18.9 Å². The van der Waals surface area contributed by atoms with Crippen LogP contribution in [0.2, 0.25) is 0 Å². The fourth-order valence-electron chi connectivity index (χ4n) is 5.55.